The Bertz CT molecular complexity index is 2750. The third-order valence-corrected chi connectivity index (χ3v) is 9.65. The molecule has 0 unspecified atom stereocenters. The van der Waals surface area contributed by atoms with Crippen LogP contribution in [0.25, 0.3) is 99.2 Å². The van der Waals surface area contributed by atoms with E-state index in [0.717, 1.165) is 32.8 Å². The van der Waals surface area contributed by atoms with Gasteiger partial charge in [0.1, 0.15) is 0 Å². The molecule has 0 aliphatic rings. The van der Waals surface area contributed by atoms with Gasteiger partial charge in [-0.3, -0.25) is 0 Å². The second-order valence-electron chi connectivity index (χ2n) is 12.3. The SMILES string of the molecule is c1ccc(-c2nc(-c3c4ccccc4c(-c4ccccc4)c4ccccc34)nc(-c3ccc4ccc5cccc6ccc3c4c56)n2)cc1. The minimum Gasteiger partial charge on any atom is -0.208 e. The molecule has 10 rings (SSSR count). The monoisotopic (exact) mass is 609 g/mol. The highest BCUT2D eigenvalue weighted by atomic mass is 15.0. The van der Waals surface area contributed by atoms with Gasteiger partial charge in [0, 0.05) is 16.7 Å². The smallest absolute Gasteiger partial charge is 0.165 e. The maximum Gasteiger partial charge on any atom is 0.165 e. The summed E-state index contributed by atoms with van der Waals surface area (Å²) in [6, 6.07) is 57.9. The zero-order valence-electron chi connectivity index (χ0n) is 25.9. The first-order valence-corrected chi connectivity index (χ1v) is 16.3. The van der Waals surface area contributed by atoms with Gasteiger partial charge in [0.2, 0.25) is 0 Å². The van der Waals surface area contributed by atoms with Gasteiger partial charge in [0.15, 0.2) is 17.5 Å². The van der Waals surface area contributed by atoms with Crippen LogP contribution in [0.2, 0.25) is 0 Å². The maximum atomic E-state index is 5.36. The Labute approximate surface area is 277 Å². The third kappa shape index (κ3) is 4.04. The predicted octanol–water partition coefficient (Wildman–Crippen LogP) is 11.7. The molecule has 0 aliphatic carbocycles. The molecular weight excluding hydrogens is 583 g/mol. The Morgan fingerprint density at radius 2 is 0.750 bits per heavy atom. The lowest BCUT2D eigenvalue weighted by molar-refractivity contribution is 1.08. The molecule has 222 valence electrons. The van der Waals surface area contributed by atoms with E-state index >= 15 is 0 Å². The van der Waals surface area contributed by atoms with Gasteiger partial charge < -0.3 is 0 Å². The molecule has 0 aliphatic heterocycles. The van der Waals surface area contributed by atoms with Gasteiger partial charge in [0.25, 0.3) is 0 Å². The molecule has 0 saturated heterocycles. The minimum atomic E-state index is 0.654. The van der Waals surface area contributed by atoms with Crippen LogP contribution in [0.5, 0.6) is 0 Å². The lowest BCUT2D eigenvalue weighted by Crippen LogP contribution is -2.02. The number of hydrogen-bond acceptors (Lipinski definition) is 3. The van der Waals surface area contributed by atoms with E-state index in [2.05, 4.69) is 146 Å². The molecule has 9 aromatic carbocycles. The number of nitrogens with zero attached hydrogens (tertiary/aromatic N) is 3. The number of hydrogen-bond donors (Lipinski definition) is 0. The van der Waals surface area contributed by atoms with Crippen molar-refractivity contribution in [2.24, 2.45) is 0 Å². The van der Waals surface area contributed by atoms with Crippen molar-refractivity contribution in [1.82, 2.24) is 15.0 Å². The summed E-state index contributed by atoms with van der Waals surface area (Å²) in [5, 5.41) is 11.9. The summed E-state index contributed by atoms with van der Waals surface area (Å²) >= 11 is 0. The molecule has 0 fully saturated rings. The normalized spacial score (nSPS) is 11.8. The summed E-state index contributed by atoms with van der Waals surface area (Å²) in [6.45, 7) is 0. The van der Waals surface area contributed by atoms with E-state index < -0.39 is 0 Å². The molecule has 0 saturated carbocycles. The van der Waals surface area contributed by atoms with Crippen molar-refractivity contribution >= 4 is 53.9 Å². The van der Waals surface area contributed by atoms with Crippen molar-refractivity contribution in [2.75, 3.05) is 0 Å². The zero-order valence-corrected chi connectivity index (χ0v) is 25.9. The second kappa shape index (κ2) is 10.5. The van der Waals surface area contributed by atoms with Crippen LogP contribution in [0.1, 0.15) is 0 Å². The van der Waals surface area contributed by atoms with Gasteiger partial charge in [0.05, 0.1) is 0 Å². The van der Waals surface area contributed by atoms with Crippen LogP contribution in [0, 0.1) is 0 Å². The lowest BCUT2D eigenvalue weighted by atomic mass is 9.88. The Balaban J connectivity index is 1.32. The Hall–Kier alpha value is -6.45. The quantitative estimate of drug-likeness (QED) is 0.147. The van der Waals surface area contributed by atoms with E-state index in [4.69, 9.17) is 15.0 Å². The molecule has 0 amide bonds. The Morgan fingerprint density at radius 1 is 0.271 bits per heavy atom. The molecule has 1 heterocycles. The van der Waals surface area contributed by atoms with Crippen molar-refractivity contribution < 1.29 is 0 Å². The molecule has 0 atom stereocenters. The van der Waals surface area contributed by atoms with E-state index in [1.165, 1.54) is 48.8 Å². The summed E-state index contributed by atoms with van der Waals surface area (Å²) < 4.78 is 0. The van der Waals surface area contributed by atoms with E-state index in [1.807, 2.05) is 18.2 Å². The first kappa shape index (κ1) is 26.7. The minimum absolute atomic E-state index is 0.654. The van der Waals surface area contributed by atoms with Gasteiger partial charge in [-0.15, -0.1) is 0 Å². The summed E-state index contributed by atoms with van der Waals surface area (Å²) in [7, 11) is 0. The molecule has 0 bridgehead atoms. The van der Waals surface area contributed by atoms with Crippen molar-refractivity contribution in [3.05, 3.63) is 164 Å². The topological polar surface area (TPSA) is 38.7 Å². The van der Waals surface area contributed by atoms with Crippen LogP contribution in [-0.2, 0) is 0 Å². The number of rotatable bonds is 4. The van der Waals surface area contributed by atoms with E-state index in [9.17, 15) is 0 Å². The summed E-state index contributed by atoms with van der Waals surface area (Å²) in [4.78, 5) is 15.8. The van der Waals surface area contributed by atoms with Gasteiger partial charge >= 0.3 is 0 Å². The van der Waals surface area contributed by atoms with Crippen LogP contribution in [-0.4, -0.2) is 15.0 Å². The Kier molecular flexibility index (Phi) is 5.87. The molecule has 3 nitrogen and oxygen atoms in total. The second-order valence-corrected chi connectivity index (χ2v) is 12.3. The molecular formula is C45H27N3. The van der Waals surface area contributed by atoms with Crippen LogP contribution in [0.3, 0.4) is 0 Å². The summed E-state index contributed by atoms with van der Waals surface area (Å²) in [5.74, 6) is 1.98. The van der Waals surface area contributed by atoms with Crippen LogP contribution < -0.4 is 0 Å². The Morgan fingerprint density at radius 3 is 1.40 bits per heavy atom. The highest BCUT2D eigenvalue weighted by molar-refractivity contribution is 6.25. The van der Waals surface area contributed by atoms with Crippen molar-refractivity contribution in [3.63, 3.8) is 0 Å². The van der Waals surface area contributed by atoms with E-state index in [0.29, 0.717) is 17.5 Å². The fraction of sp³-hybridized carbons (Fsp3) is 0. The van der Waals surface area contributed by atoms with Crippen molar-refractivity contribution in [1.29, 1.82) is 0 Å². The average molecular weight is 610 g/mol. The summed E-state index contributed by atoms with van der Waals surface area (Å²) in [5.41, 5.74) is 5.37. The van der Waals surface area contributed by atoms with Gasteiger partial charge in [-0.25, -0.2) is 15.0 Å². The average Bonchev–Trinajstić information content (AvgIpc) is 3.16. The molecule has 10 aromatic rings. The molecule has 1 aromatic heterocycles. The standard InChI is InChI=1S/C45H27N3/c1-3-12-28(13-4-1)40-33-18-7-9-20-35(33)42(36-21-10-8-19-34(36)40)45-47-43(32-14-5-2-6-15-32)46-44(48-45)38-27-25-31-23-22-29-16-11-17-30-24-26-37(38)41(31)39(29)30/h1-27H. The van der Waals surface area contributed by atoms with Crippen LogP contribution in [0.4, 0.5) is 0 Å². The van der Waals surface area contributed by atoms with Crippen molar-refractivity contribution in [2.45, 2.75) is 0 Å². The number of aromatic nitrogens is 3. The highest BCUT2D eigenvalue weighted by Gasteiger charge is 2.21. The molecule has 0 radical (unpaired) electrons. The van der Waals surface area contributed by atoms with Crippen molar-refractivity contribution in [3.8, 4) is 45.3 Å². The molecule has 0 spiro atoms. The first-order valence-electron chi connectivity index (χ1n) is 16.3. The van der Waals surface area contributed by atoms with Gasteiger partial charge in [-0.1, -0.05) is 158 Å². The number of benzene rings is 9. The fourth-order valence-electron chi connectivity index (χ4n) is 7.54. The summed E-state index contributed by atoms with van der Waals surface area (Å²) in [6.07, 6.45) is 0. The highest BCUT2D eigenvalue weighted by Crippen LogP contribution is 2.44. The van der Waals surface area contributed by atoms with E-state index in [1.54, 1.807) is 0 Å². The predicted molar refractivity (Wildman–Crippen MR) is 200 cm³/mol. The molecule has 0 N–H and O–H groups in total. The molecule has 3 heteroatoms. The largest absolute Gasteiger partial charge is 0.208 e. The van der Waals surface area contributed by atoms with Gasteiger partial charge in [-0.05, 0) is 71.1 Å². The number of fused-ring (bicyclic) bond motifs is 2. The van der Waals surface area contributed by atoms with Crippen LogP contribution in [0.15, 0.2) is 164 Å². The molecule has 48 heavy (non-hydrogen) atoms. The maximum absolute atomic E-state index is 5.36. The first-order chi connectivity index (χ1) is 23.8. The van der Waals surface area contributed by atoms with Crippen LogP contribution >= 0.6 is 0 Å². The zero-order chi connectivity index (χ0) is 31.6. The van der Waals surface area contributed by atoms with E-state index in [-0.39, 0.29) is 0 Å². The fourth-order valence-corrected chi connectivity index (χ4v) is 7.54. The van der Waals surface area contributed by atoms with Gasteiger partial charge in [-0.2, -0.15) is 0 Å². The lowest BCUT2D eigenvalue weighted by Gasteiger charge is -2.18. The third-order valence-electron chi connectivity index (χ3n) is 9.65.